The van der Waals surface area contributed by atoms with Crippen LogP contribution >= 0.6 is 11.3 Å². The second-order valence-electron chi connectivity index (χ2n) is 7.93. The van der Waals surface area contributed by atoms with Crippen molar-refractivity contribution in [3.63, 3.8) is 0 Å². The first kappa shape index (κ1) is 23.4. The molecule has 0 bridgehead atoms. The summed E-state index contributed by atoms with van der Waals surface area (Å²) < 4.78 is 42.0. The van der Waals surface area contributed by atoms with Crippen molar-refractivity contribution in [1.29, 1.82) is 0 Å². The number of carbonyl (C=O) groups is 1. The maximum atomic E-state index is 13.6. The quantitative estimate of drug-likeness (QED) is 0.240. The minimum atomic E-state index is -4.54. The Kier molecular flexibility index (Phi) is 5.84. The minimum absolute atomic E-state index is 0.200. The number of nitrogen functional groups attached to an aromatic ring is 1. The number of nitrogens with one attached hydrogen (secondary N) is 2. The molecule has 0 radical (unpaired) electrons. The number of benzene rings is 2. The fourth-order valence-electron chi connectivity index (χ4n) is 3.80. The van der Waals surface area contributed by atoms with Gasteiger partial charge in [0.05, 0.1) is 22.8 Å². The van der Waals surface area contributed by atoms with E-state index in [1.165, 1.54) is 23.5 Å². The predicted molar refractivity (Wildman–Crippen MR) is 135 cm³/mol. The summed E-state index contributed by atoms with van der Waals surface area (Å²) in [6, 6.07) is 17.6. The van der Waals surface area contributed by atoms with E-state index < -0.39 is 11.9 Å². The molecular formula is C25H19F3N6OS. The van der Waals surface area contributed by atoms with Gasteiger partial charge in [-0.1, -0.05) is 18.2 Å². The van der Waals surface area contributed by atoms with Crippen LogP contribution in [0.1, 0.15) is 21.7 Å². The van der Waals surface area contributed by atoms with E-state index in [2.05, 4.69) is 20.6 Å². The lowest BCUT2D eigenvalue weighted by atomic mass is 10.2. The fourth-order valence-corrected chi connectivity index (χ4v) is 4.52. The number of aromatic nitrogens is 3. The van der Waals surface area contributed by atoms with E-state index in [-0.39, 0.29) is 17.2 Å². The number of halogens is 3. The van der Waals surface area contributed by atoms with Gasteiger partial charge in [-0.3, -0.25) is 9.20 Å². The molecule has 3 heterocycles. The topological polar surface area (TPSA) is 97.3 Å². The number of pyridine rings is 1. The molecule has 7 nitrogen and oxygen atoms in total. The Morgan fingerprint density at radius 3 is 2.47 bits per heavy atom. The smallest absolute Gasteiger partial charge is 0.397 e. The van der Waals surface area contributed by atoms with Crippen molar-refractivity contribution < 1.29 is 18.0 Å². The molecule has 0 spiro atoms. The van der Waals surface area contributed by atoms with E-state index in [9.17, 15) is 18.0 Å². The zero-order valence-electron chi connectivity index (χ0n) is 18.8. The Morgan fingerprint density at radius 1 is 1.00 bits per heavy atom. The maximum absolute atomic E-state index is 13.6. The highest BCUT2D eigenvalue weighted by atomic mass is 32.1. The van der Waals surface area contributed by atoms with Crippen molar-refractivity contribution in [3.05, 3.63) is 89.1 Å². The van der Waals surface area contributed by atoms with Crippen molar-refractivity contribution >= 4 is 45.1 Å². The average Bonchev–Trinajstić information content (AvgIpc) is 3.43. The lowest BCUT2D eigenvalue weighted by molar-refractivity contribution is -0.141. The number of nitrogens with two attached hydrogens (primary N) is 1. The highest BCUT2D eigenvalue weighted by Gasteiger charge is 2.35. The number of nitrogens with zero attached hydrogens (tertiary/aromatic N) is 3. The Morgan fingerprint density at radius 2 is 1.75 bits per heavy atom. The second kappa shape index (κ2) is 9.00. The van der Waals surface area contributed by atoms with Gasteiger partial charge < -0.3 is 16.4 Å². The van der Waals surface area contributed by atoms with Crippen molar-refractivity contribution in [3.8, 4) is 11.4 Å². The van der Waals surface area contributed by atoms with Crippen LogP contribution < -0.4 is 16.4 Å². The van der Waals surface area contributed by atoms with E-state index in [0.29, 0.717) is 39.1 Å². The van der Waals surface area contributed by atoms with Crippen LogP contribution in [-0.4, -0.2) is 20.3 Å². The maximum Gasteiger partial charge on any atom is 0.431 e. The van der Waals surface area contributed by atoms with Gasteiger partial charge in [-0.2, -0.15) is 13.2 Å². The van der Waals surface area contributed by atoms with Gasteiger partial charge in [0, 0.05) is 16.6 Å². The normalized spacial score (nSPS) is 11.6. The highest BCUT2D eigenvalue weighted by molar-refractivity contribution is 7.14. The van der Waals surface area contributed by atoms with Gasteiger partial charge in [0.25, 0.3) is 5.91 Å². The summed E-state index contributed by atoms with van der Waals surface area (Å²) in [5.41, 5.74) is 8.45. The summed E-state index contributed by atoms with van der Waals surface area (Å²) in [5, 5.41) is 8.06. The Bertz CT molecular complexity index is 1570. The van der Waals surface area contributed by atoms with Crippen LogP contribution in [0.2, 0.25) is 0 Å². The summed E-state index contributed by atoms with van der Waals surface area (Å²) in [6.07, 6.45) is -4.54. The summed E-state index contributed by atoms with van der Waals surface area (Å²) in [5.74, 6) is -0.306. The van der Waals surface area contributed by atoms with Gasteiger partial charge >= 0.3 is 6.18 Å². The molecule has 0 aliphatic rings. The molecule has 5 aromatic rings. The molecule has 0 aliphatic heterocycles. The minimum Gasteiger partial charge on any atom is -0.397 e. The van der Waals surface area contributed by atoms with E-state index >= 15 is 0 Å². The van der Waals surface area contributed by atoms with Gasteiger partial charge in [-0.05, 0) is 55.5 Å². The number of para-hydroxylation sites is 2. The molecule has 0 fully saturated rings. The molecule has 36 heavy (non-hydrogen) atoms. The lowest BCUT2D eigenvalue weighted by Crippen LogP contribution is -2.13. The van der Waals surface area contributed by atoms with Crippen molar-refractivity contribution in [2.24, 2.45) is 0 Å². The third-order valence-corrected chi connectivity index (χ3v) is 6.22. The van der Waals surface area contributed by atoms with Gasteiger partial charge in [0.1, 0.15) is 17.0 Å². The monoisotopic (exact) mass is 508 g/mol. The van der Waals surface area contributed by atoms with E-state index in [1.807, 2.05) is 0 Å². The summed E-state index contributed by atoms with van der Waals surface area (Å²) in [6.45, 7) is 1.65. The number of rotatable bonds is 5. The molecule has 2 aromatic carbocycles. The van der Waals surface area contributed by atoms with Crippen molar-refractivity contribution in [2.45, 2.75) is 13.1 Å². The number of anilines is 4. The highest BCUT2D eigenvalue weighted by Crippen LogP contribution is 2.35. The first-order chi connectivity index (χ1) is 17.2. The van der Waals surface area contributed by atoms with Crippen LogP contribution in [0.3, 0.4) is 0 Å². The number of fused-ring (bicyclic) bond motifs is 1. The van der Waals surface area contributed by atoms with Crippen molar-refractivity contribution in [2.75, 3.05) is 16.4 Å². The van der Waals surface area contributed by atoms with Crippen LogP contribution in [0, 0.1) is 6.92 Å². The van der Waals surface area contributed by atoms with Crippen LogP contribution in [0.25, 0.3) is 17.0 Å². The molecule has 4 N–H and O–H groups in total. The van der Waals surface area contributed by atoms with E-state index in [0.717, 1.165) is 10.5 Å². The number of imidazole rings is 1. The van der Waals surface area contributed by atoms with Gasteiger partial charge in [0.2, 0.25) is 0 Å². The Labute approximate surface area is 207 Å². The standard InChI is InChI=1S/C25H19F3N6OS/c1-14-22(34-20(25(26,27)28)7-4-8-21(34)30-14)19-13-36-24(33-19)31-16-11-9-15(10-12-16)23(35)32-18-6-3-2-5-17(18)29/h2-13H,29H2,1H3,(H,31,33)(H,32,35). The number of hydrogen-bond donors (Lipinski definition) is 3. The Hall–Kier alpha value is -4.38. The molecule has 0 atom stereocenters. The van der Waals surface area contributed by atoms with Crippen LogP contribution in [0.4, 0.5) is 35.4 Å². The Balaban J connectivity index is 1.37. The molecular weight excluding hydrogens is 489 g/mol. The zero-order valence-corrected chi connectivity index (χ0v) is 19.6. The molecule has 3 aromatic heterocycles. The zero-order chi connectivity index (χ0) is 25.4. The average molecular weight is 509 g/mol. The number of alkyl halides is 3. The third-order valence-electron chi connectivity index (χ3n) is 5.46. The molecule has 0 unspecified atom stereocenters. The lowest BCUT2D eigenvalue weighted by Gasteiger charge is -2.11. The van der Waals surface area contributed by atoms with Crippen LogP contribution in [0.5, 0.6) is 0 Å². The third kappa shape index (κ3) is 4.48. The molecule has 0 saturated carbocycles. The molecule has 5 rings (SSSR count). The largest absolute Gasteiger partial charge is 0.431 e. The van der Waals surface area contributed by atoms with Crippen molar-refractivity contribution in [1.82, 2.24) is 14.4 Å². The summed E-state index contributed by atoms with van der Waals surface area (Å²) >= 11 is 1.25. The molecule has 11 heteroatoms. The number of carbonyl (C=O) groups excluding carboxylic acids is 1. The van der Waals surface area contributed by atoms with Crippen LogP contribution in [-0.2, 0) is 6.18 Å². The van der Waals surface area contributed by atoms with E-state index in [1.54, 1.807) is 60.8 Å². The number of hydrogen-bond acceptors (Lipinski definition) is 6. The number of thiazole rings is 1. The summed E-state index contributed by atoms with van der Waals surface area (Å²) in [7, 11) is 0. The number of amides is 1. The SMILES string of the molecule is Cc1nc2cccc(C(F)(F)F)n2c1-c1csc(Nc2ccc(C(=O)Nc3ccccc3N)cc2)n1. The number of aryl methyl sites for hydroxylation is 1. The van der Waals surface area contributed by atoms with E-state index in [4.69, 9.17) is 5.73 Å². The second-order valence-corrected chi connectivity index (χ2v) is 8.79. The molecule has 1 amide bonds. The van der Waals surface area contributed by atoms with Gasteiger partial charge in [0.15, 0.2) is 5.13 Å². The van der Waals surface area contributed by atoms with Gasteiger partial charge in [-0.15, -0.1) is 11.3 Å². The first-order valence-electron chi connectivity index (χ1n) is 10.7. The first-order valence-corrected chi connectivity index (χ1v) is 11.6. The van der Waals surface area contributed by atoms with Crippen LogP contribution in [0.15, 0.2) is 72.1 Å². The molecule has 0 saturated heterocycles. The fraction of sp³-hybridized carbons (Fsp3) is 0.0800. The molecule has 182 valence electrons. The molecule has 0 aliphatic carbocycles. The summed E-state index contributed by atoms with van der Waals surface area (Å²) in [4.78, 5) is 21.3. The predicted octanol–water partition coefficient (Wildman–Crippen LogP) is 6.36. The van der Waals surface area contributed by atoms with Gasteiger partial charge in [-0.25, -0.2) is 9.97 Å².